The summed E-state index contributed by atoms with van der Waals surface area (Å²) in [6, 6.07) is 5.55. The van der Waals surface area contributed by atoms with E-state index >= 15 is 0 Å². The molecule has 0 aliphatic rings. The van der Waals surface area contributed by atoms with Crippen LogP contribution in [0.1, 0.15) is 28.6 Å². The highest BCUT2D eigenvalue weighted by molar-refractivity contribution is 5.44. The maximum Gasteiger partial charge on any atom is 0.213 e. The van der Waals surface area contributed by atoms with E-state index < -0.39 is 0 Å². The lowest BCUT2D eigenvalue weighted by atomic mass is 10.2. The number of anilines is 1. The van der Waals surface area contributed by atoms with Crippen LogP contribution in [-0.4, -0.2) is 9.97 Å². The van der Waals surface area contributed by atoms with Crippen LogP contribution >= 0.6 is 0 Å². The Morgan fingerprint density at radius 3 is 2.67 bits per heavy atom. The summed E-state index contributed by atoms with van der Waals surface area (Å²) < 4.78 is 5.46. The first-order valence-corrected chi connectivity index (χ1v) is 5.64. The van der Waals surface area contributed by atoms with Crippen molar-refractivity contribution in [2.75, 3.05) is 5.32 Å². The van der Waals surface area contributed by atoms with Crippen molar-refractivity contribution in [1.29, 1.82) is 5.26 Å². The lowest BCUT2D eigenvalue weighted by Crippen LogP contribution is -2.03. The first-order valence-electron chi connectivity index (χ1n) is 5.64. The van der Waals surface area contributed by atoms with Gasteiger partial charge in [-0.25, -0.2) is 9.97 Å². The maximum absolute atomic E-state index is 8.88. The van der Waals surface area contributed by atoms with Crippen molar-refractivity contribution in [1.82, 2.24) is 9.97 Å². The molecule has 0 saturated heterocycles. The van der Waals surface area contributed by atoms with Gasteiger partial charge in [0, 0.05) is 5.69 Å². The molecule has 2 aromatic rings. The summed E-state index contributed by atoms with van der Waals surface area (Å²) in [5.41, 5.74) is 2.28. The summed E-state index contributed by atoms with van der Waals surface area (Å²) >= 11 is 0. The topological polar surface area (TPSA) is 74.7 Å². The smallest absolute Gasteiger partial charge is 0.213 e. The monoisotopic (exact) mass is 242 g/mol. The van der Waals surface area contributed by atoms with Gasteiger partial charge < -0.3 is 9.73 Å². The van der Waals surface area contributed by atoms with Crippen LogP contribution in [0.15, 0.2) is 16.5 Å². The molecule has 5 heteroatoms. The highest BCUT2D eigenvalue weighted by Crippen LogP contribution is 2.12. The standard InChI is InChI=1S/C13H14N4O/c1-8-4-11(6-14)5-12(16-8)15-7-13-17-9(2)10(3)18-13/h4-5H,7H2,1-3H3,(H,15,16). The van der Waals surface area contributed by atoms with Crippen LogP contribution in [0.3, 0.4) is 0 Å². The average Bonchev–Trinajstić information content (AvgIpc) is 2.65. The number of pyridine rings is 1. The molecule has 0 amide bonds. The third kappa shape index (κ3) is 2.66. The molecular weight excluding hydrogens is 228 g/mol. The second-order valence-electron chi connectivity index (χ2n) is 4.10. The molecule has 0 unspecified atom stereocenters. The molecule has 1 N–H and O–H groups in total. The predicted molar refractivity (Wildman–Crippen MR) is 67.0 cm³/mol. The van der Waals surface area contributed by atoms with Crippen LogP contribution in [-0.2, 0) is 6.54 Å². The van der Waals surface area contributed by atoms with Gasteiger partial charge in [-0.3, -0.25) is 0 Å². The van der Waals surface area contributed by atoms with E-state index in [0.717, 1.165) is 17.1 Å². The molecule has 18 heavy (non-hydrogen) atoms. The number of hydrogen-bond acceptors (Lipinski definition) is 5. The van der Waals surface area contributed by atoms with E-state index in [-0.39, 0.29) is 0 Å². The van der Waals surface area contributed by atoms with E-state index in [0.29, 0.717) is 23.8 Å². The van der Waals surface area contributed by atoms with Gasteiger partial charge in [0.1, 0.15) is 11.6 Å². The average molecular weight is 242 g/mol. The van der Waals surface area contributed by atoms with Crippen LogP contribution in [0.2, 0.25) is 0 Å². The number of hydrogen-bond donors (Lipinski definition) is 1. The Morgan fingerprint density at radius 1 is 1.28 bits per heavy atom. The number of rotatable bonds is 3. The molecule has 0 saturated carbocycles. The Morgan fingerprint density at radius 2 is 2.06 bits per heavy atom. The Balaban J connectivity index is 2.11. The molecule has 2 aromatic heterocycles. The molecule has 0 fully saturated rings. The molecule has 2 rings (SSSR count). The first kappa shape index (κ1) is 12.1. The Bertz CT molecular complexity index is 590. The minimum Gasteiger partial charge on any atom is -0.444 e. The van der Waals surface area contributed by atoms with Gasteiger partial charge in [0.2, 0.25) is 5.89 Å². The van der Waals surface area contributed by atoms with Crippen molar-refractivity contribution < 1.29 is 4.42 Å². The lowest BCUT2D eigenvalue weighted by Gasteiger charge is -2.04. The van der Waals surface area contributed by atoms with E-state index in [1.807, 2.05) is 20.8 Å². The van der Waals surface area contributed by atoms with Gasteiger partial charge in [-0.15, -0.1) is 0 Å². The van der Waals surface area contributed by atoms with Crippen molar-refractivity contribution in [2.24, 2.45) is 0 Å². The summed E-state index contributed by atoms with van der Waals surface area (Å²) in [5.74, 6) is 2.09. The number of oxazole rings is 1. The zero-order chi connectivity index (χ0) is 13.1. The second kappa shape index (κ2) is 4.88. The van der Waals surface area contributed by atoms with Gasteiger partial charge >= 0.3 is 0 Å². The molecule has 0 aliphatic carbocycles. The second-order valence-corrected chi connectivity index (χ2v) is 4.10. The zero-order valence-electron chi connectivity index (χ0n) is 10.6. The molecule has 0 atom stereocenters. The fraction of sp³-hybridized carbons (Fsp3) is 0.308. The van der Waals surface area contributed by atoms with Gasteiger partial charge in [-0.1, -0.05) is 0 Å². The predicted octanol–water partition coefficient (Wildman–Crippen LogP) is 2.48. The highest BCUT2D eigenvalue weighted by Gasteiger charge is 2.06. The highest BCUT2D eigenvalue weighted by atomic mass is 16.4. The quantitative estimate of drug-likeness (QED) is 0.894. The van der Waals surface area contributed by atoms with E-state index in [1.165, 1.54) is 0 Å². The maximum atomic E-state index is 8.88. The van der Waals surface area contributed by atoms with Gasteiger partial charge in [0.05, 0.1) is 23.9 Å². The number of aromatic nitrogens is 2. The first-order chi connectivity index (χ1) is 8.58. The van der Waals surface area contributed by atoms with Gasteiger partial charge in [-0.2, -0.15) is 5.26 Å². The van der Waals surface area contributed by atoms with Crippen molar-refractivity contribution in [3.05, 3.63) is 40.7 Å². The van der Waals surface area contributed by atoms with Crippen LogP contribution < -0.4 is 5.32 Å². The Labute approximate surface area is 105 Å². The molecule has 92 valence electrons. The summed E-state index contributed by atoms with van der Waals surface area (Å²) in [7, 11) is 0. The van der Waals surface area contributed by atoms with Crippen LogP contribution in [0.5, 0.6) is 0 Å². The Kier molecular flexibility index (Phi) is 3.28. The largest absolute Gasteiger partial charge is 0.444 e. The number of aryl methyl sites for hydroxylation is 3. The van der Waals surface area contributed by atoms with Crippen LogP contribution in [0.4, 0.5) is 5.82 Å². The van der Waals surface area contributed by atoms with E-state index in [9.17, 15) is 0 Å². The summed E-state index contributed by atoms with van der Waals surface area (Å²) in [6.07, 6.45) is 0. The SMILES string of the molecule is Cc1cc(C#N)cc(NCc2nc(C)c(C)o2)n1. The summed E-state index contributed by atoms with van der Waals surface area (Å²) in [5, 5.41) is 12.0. The van der Waals surface area contributed by atoms with Crippen molar-refractivity contribution in [3.63, 3.8) is 0 Å². The molecule has 0 aromatic carbocycles. The summed E-state index contributed by atoms with van der Waals surface area (Å²) in [6.45, 7) is 6.09. The zero-order valence-corrected chi connectivity index (χ0v) is 10.6. The summed E-state index contributed by atoms with van der Waals surface area (Å²) in [4.78, 5) is 8.56. The fourth-order valence-electron chi connectivity index (χ4n) is 1.60. The van der Waals surface area contributed by atoms with E-state index in [4.69, 9.17) is 9.68 Å². The minimum absolute atomic E-state index is 0.454. The molecule has 5 nitrogen and oxygen atoms in total. The van der Waals surface area contributed by atoms with Crippen LogP contribution in [0, 0.1) is 32.1 Å². The van der Waals surface area contributed by atoms with Crippen molar-refractivity contribution >= 4 is 5.82 Å². The number of nitriles is 1. The van der Waals surface area contributed by atoms with Crippen molar-refractivity contribution in [3.8, 4) is 6.07 Å². The molecule has 0 bridgehead atoms. The van der Waals surface area contributed by atoms with Crippen molar-refractivity contribution in [2.45, 2.75) is 27.3 Å². The number of nitrogens with one attached hydrogen (secondary N) is 1. The fourth-order valence-corrected chi connectivity index (χ4v) is 1.60. The van der Waals surface area contributed by atoms with Gasteiger partial charge in [0.15, 0.2) is 0 Å². The molecular formula is C13H14N4O. The van der Waals surface area contributed by atoms with Gasteiger partial charge in [0.25, 0.3) is 0 Å². The van der Waals surface area contributed by atoms with Crippen LogP contribution in [0.25, 0.3) is 0 Å². The minimum atomic E-state index is 0.454. The molecule has 0 aliphatic heterocycles. The molecule has 2 heterocycles. The van der Waals surface area contributed by atoms with E-state index in [1.54, 1.807) is 12.1 Å². The third-order valence-electron chi connectivity index (χ3n) is 2.58. The van der Waals surface area contributed by atoms with Gasteiger partial charge in [-0.05, 0) is 32.9 Å². The Hall–Kier alpha value is -2.35. The number of nitrogens with zero attached hydrogens (tertiary/aromatic N) is 3. The third-order valence-corrected chi connectivity index (χ3v) is 2.58. The van der Waals surface area contributed by atoms with E-state index in [2.05, 4.69) is 21.4 Å². The lowest BCUT2D eigenvalue weighted by molar-refractivity contribution is 0.478. The normalized spacial score (nSPS) is 10.1. The molecule has 0 radical (unpaired) electrons. The molecule has 0 spiro atoms.